The molecule has 1 aliphatic heterocycles. The number of carbonyl (C=O) groups is 1. The van der Waals surface area contributed by atoms with Crippen molar-refractivity contribution in [2.75, 3.05) is 31.1 Å². The van der Waals surface area contributed by atoms with Gasteiger partial charge >= 0.3 is 5.97 Å². The molecule has 3 aromatic carbocycles. The Bertz CT molecular complexity index is 1120. The molecule has 144 valence electrons. The van der Waals surface area contributed by atoms with Gasteiger partial charge in [0.25, 0.3) is 0 Å². The topological polar surface area (TPSA) is 77.9 Å². The normalized spacial score (nSPS) is 15.6. The molecule has 0 atom stereocenters. The smallest absolute Gasteiger partial charge is 0.335 e. The summed E-state index contributed by atoms with van der Waals surface area (Å²) in [6.45, 7) is 2.05. The summed E-state index contributed by atoms with van der Waals surface area (Å²) in [5.74, 6) is -0.943. The molecule has 28 heavy (non-hydrogen) atoms. The molecule has 7 heteroatoms. The number of benzene rings is 3. The second-order valence-corrected chi connectivity index (χ2v) is 8.69. The third-order valence-electron chi connectivity index (χ3n) is 5.06. The van der Waals surface area contributed by atoms with E-state index in [0.29, 0.717) is 31.1 Å². The molecule has 3 aromatic rings. The van der Waals surface area contributed by atoms with E-state index in [2.05, 4.69) is 4.90 Å². The summed E-state index contributed by atoms with van der Waals surface area (Å²) < 4.78 is 27.0. The highest BCUT2D eigenvalue weighted by Gasteiger charge is 2.28. The van der Waals surface area contributed by atoms with Crippen molar-refractivity contribution < 1.29 is 18.3 Å². The van der Waals surface area contributed by atoms with Crippen LogP contribution in [0.25, 0.3) is 10.8 Å². The molecule has 0 amide bonds. The highest BCUT2D eigenvalue weighted by molar-refractivity contribution is 7.89. The Morgan fingerprint density at radius 2 is 1.46 bits per heavy atom. The van der Waals surface area contributed by atoms with Gasteiger partial charge in [-0.1, -0.05) is 30.3 Å². The number of nitrogens with zero attached hydrogens (tertiary/aromatic N) is 2. The van der Waals surface area contributed by atoms with E-state index < -0.39 is 16.0 Å². The average molecular weight is 396 g/mol. The summed E-state index contributed by atoms with van der Waals surface area (Å²) in [4.78, 5) is 13.6. The third-order valence-corrected chi connectivity index (χ3v) is 6.97. The molecule has 0 aromatic heterocycles. The van der Waals surface area contributed by atoms with E-state index in [4.69, 9.17) is 5.11 Å². The molecular formula is C21H20N2O4S. The number of anilines is 1. The fourth-order valence-electron chi connectivity index (χ4n) is 3.49. The van der Waals surface area contributed by atoms with Gasteiger partial charge in [-0.25, -0.2) is 13.2 Å². The van der Waals surface area contributed by atoms with Crippen LogP contribution >= 0.6 is 0 Å². The van der Waals surface area contributed by atoms with Crippen LogP contribution in [0.15, 0.2) is 71.6 Å². The van der Waals surface area contributed by atoms with Crippen molar-refractivity contribution in [3.8, 4) is 0 Å². The van der Waals surface area contributed by atoms with Gasteiger partial charge in [0.15, 0.2) is 0 Å². The number of hydrogen-bond acceptors (Lipinski definition) is 4. The lowest BCUT2D eigenvalue weighted by atomic mass is 10.1. The lowest BCUT2D eigenvalue weighted by Crippen LogP contribution is -2.48. The van der Waals surface area contributed by atoms with Crippen LogP contribution in [-0.4, -0.2) is 50.0 Å². The molecule has 1 saturated heterocycles. The van der Waals surface area contributed by atoms with Crippen molar-refractivity contribution in [1.29, 1.82) is 0 Å². The first-order valence-electron chi connectivity index (χ1n) is 9.02. The molecule has 1 aliphatic rings. The standard InChI is InChI=1S/C21H20N2O4S/c24-21(25)18-7-6-17-15-19(9-8-16(17)14-18)22-10-12-23(13-11-22)28(26,27)20-4-2-1-3-5-20/h1-9,14-15H,10-13H2,(H,24,25). The van der Waals surface area contributed by atoms with Gasteiger partial charge in [-0.2, -0.15) is 4.31 Å². The van der Waals surface area contributed by atoms with E-state index in [0.717, 1.165) is 16.5 Å². The maximum atomic E-state index is 12.8. The first kappa shape index (κ1) is 18.5. The van der Waals surface area contributed by atoms with Gasteiger partial charge in [0, 0.05) is 31.9 Å². The molecule has 1 heterocycles. The minimum atomic E-state index is -3.46. The van der Waals surface area contributed by atoms with Gasteiger partial charge in [-0.3, -0.25) is 0 Å². The molecule has 4 rings (SSSR count). The SMILES string of the molecule is O=C(O)c1ccc2cc(N3CCN(S(=O)(=O)c4ccccc4)CC3)ccc2c1. The number of sulfonamides is 1. The van der Waals surface area contributed by atoms with Gasteiger partial charge in [-0.15, -0.1) is 0 Å². The van der Waals surface area contributed by atoms with Gasteiger partial charge in [0.05, 0.1) is 10.5 Å². The molecule has 6 nitrogen and oxygen atoms in total. The van der Waals surface area contributed by atoms with Crippen molar-refractivity contribution in [1.82, 2.24) is 4.31 Å². The van der Waals surface area contributed by atoms with Crippen LogP contribution in [0.3, 0.4) is 0 Å². The van der Waals surface area contributed by atoms with Crippen molar-refractivity contribution in [2.24, 2.45) is 0 Å². The minimum absolute atomic E-state index is 0.264. The molecule has 0 unspecified atom stereocenters. The Balaban J connectivity index is 1.51. The van der Waals surface area contributed by atoms with E-state index in [1.54, 1.807) is 48.5 Å². The summed E-state index contributed by atoms with van der Waals surface area (Å²) >= 11 is 0. The number of fused-ring (bicyclic) bond motifs is 1. The Hall–Kier alpha value is -2.90. The summed E-state index contributed by atoms with van der Waals surface area (Å²) in [6.07, 6.45) is 0. The quantitative estimate of drug-likeness (QED) is 0.733. The van der Waals surface area contributed by atoms with E-state index >= 15 is 0 Å². The summed E-state index contributed by atoms with van der Waals surface area (Å²) in [7, 11) is -3.46. The monoisotopic (exact) mass is 396 g/mol. The van der Waals surface area contributed by atoms with Gasteiger partial charge < -0.3 is 10.0 Å². The van der Waals surface area contributed by atoms with E-state index in [1.165, 1.54) is 4.31 Å². The fourth-order valence-corrected chi connectivity index (χ4v) is 4.93. The van der Waals surface area contributed by atoms with Crippen LogP contribution in [-0.2, 0) is 10.0 Å². The lowest BCUT2D eigenvalue weighted by molar-refractivity contribution is 0.0697. The number of rotatable bonds is 4. The number of hydrogen-bond donors (Lipinski definition) is 1. The maximum absolute atomic E-state index is 12.8. The van der Waals surface area contributed by atoms with Gasteiger partial charge in [-0.05, 0) is 47.2 Å². The molecule has 0 saturated carbocycles. The molecule has 0 radical (unpaired) electrons. The van der Waals surface area contributed by atoms with Crippen LogP contribution in [0.1, 0.15) is 10.4 Å². The predicted octanol–water partition coefficient (Wildman–Crippen LogP) is 3.05. The summed E-state index contributed by atoms with van der Waals surface area (Å²) in [5.41, 5.74) is 1.27. The Labute approximate surface area is 163 Å². The largest absolute Gasteiger partial charge is 0.478 e. The average Bonchev–Trinajstić information content (AvgIpc) is 2.73. The number of aromatic carboxylic acids is 1. The molecule has 1 fully saturated rings. The number of piperazine rings is 1. The zero-order chi connectivity index (χ0) is 19.7. The molecular weight excluding hydrogens is 376 g/mol. The van der Waals surface area contributed by atoms with Crippen molar-refractivity contribution >= 4 is 32.5 Å². The van der Waals surface area contributed by atoms with Crippen molar-refractivity contribution in [3.05, 3.63) is 72.3 Å². The molecule has 1 N–H and O–H groups in total. The Kier molecular flexibility index (Phi) is 4.78. The van der Waals surface area contributed by atoms with Crippen molar-refractivity contribution in [3.63, 3.8) is 0 Å². The first-order chi connectivity index (χ1) is 13.4. The summed E-state index contributed by atoms with van der Waals surface area (Å²) in [5, 5.41) is 10.9. The van der Waals surface area contributed by atoms with Crippen LogP contribution < -0.4 is 4.90 Å². The number of carboxylic acids is 1. The minimum Gasteiger partial charge on any atom is -0.478 e. The fraction of sp³-hybridized carbons (Fsp3) is 0.190. The maximum Gasteiger partial charge on any atom is 0.335 e. The second kappa shape index (κ2) is 7.26. The zero-order valence-corrected chi connectivity index (χ0v) is 16.0. The third kappa shape index (κ3) is 3.46. The zero-order valence-electron chi connectivity index (χ0n) is 15.2. The van der Waals surface area contributed by atoms with Crippen LogP contribution in [0.4, 0.5) is 5.69 Å². The van der Waals surface area contributed by atoms with Crippen molar-refractivity contribution in [2.45, 2.75) is 4.90 Å². The lowest BCUT2D eigenvalue weighted by Gasteiger charge is -2.35. The van der Waals surface area contributed by atoms with Crippen LogP contribution in [0.2, 0.25) is 0 Å². The van der Waals surface area contributed by atoms with Gasteiger partial charge in [0.1, 0.15) is 0 Å². The van der Waals surface area contributed by atoms with E-state index in [-0.39, 0.29) is 5.56 Å². The molecule has 0 aliphatic carbocycles. The first-order valence-corrected chi connectivity index (χ1v) is 10.5. The summed E-state index contributed by atoms with van der Waals surface area (Å²) in [6, 6.07) is 19.4. The van der Waals surface area contributed by atoms with E-state index in [9.17, 15) is 13.2 Å². The number of carboxylic acid groups (broad SMARTS) is 1. The highest BCUT2D eigenvalue weighted by Crippen LogP contribution is 2.25. The van der Waals surface area contributed by atoms with Gasteiger partial charge in [0.2, 0.25) is 10.0 Å². The van der Waals surface area contributed by atoms with E-state index in [1.807, 2.05) is 18.2 Å². The Morgan fingerprint density at radius 3 is 2.14 bits per heavy atom. The molecule has 0 spiro atoms. The van der Waals surface area contributed by atoms with Crippen LogP contribution in [0.5, 0.6) is 0 Å². The van der Waals surface area contributed by atoms with Crippen LogP contribution in [0, 0.1) is 0 Å². The predicted molar refractivity (Wildman–Crippen MR) is 108 cm³/mol. The molecule has 0 bridgehead atoms. The Morgan fingerprint density at radius 1 is 0.821 bits per heavy atom. The second-order valence-electron chi connectivity index (χ2n) is 6.76. The highest BCUT2D eigenvalue weighted by atomic mass is 32.2.